The van der Waals surface area contributed by atoms with Crippen LogP contribution in [0.15, 0.2) is 30.3 Å². The molecular formula is C12H16NO3P. The highest BCUT2D eigenvalue weighted by Gasteiger charge is 2.34. The number of terminal acetylenes is 1. The first-order chi connectivity index (χ1) is 8.18. The summed E-state index contributed by atoms with van der Waals surface area (Å²) in [6, 6.07) is 9.29. The van der Waals surface area contributed by atoms with Gasteiger partial charge >= 0.3 is 7.60 Å². The largest absolute Gasteiger partial charge is 0.351 e. The Morgan fingerprint density at radius 1 is 1.35 bits per heavy atom. The van der Waals surface area contributed by atoms with Crippen molar-refractivity contribution < 1.29 is 13.6 Å². The fourth-order valence-corrected chi connectivity index (χ4v) is 2.91. The van der Waals surface area contributed by atoms with E-state index in [1.165, 1.54) is 14.2 Å². The molecule has 0 aliphatic carbocycles. The monoisotopic (exact) mass is 253 g/mol. The lowest BCUT2D eigenvalue weighted by Crippen LogP contribution is -2.23. The fraction of sp³-hybridized carbons (Fsp3) is 0.333. The van der Waals surface area contributed by atoms with Crippen LogP contribution in [-0.2, 0) is 13.6 Å². The van der Waals surface area contributed by atoms with Gasteiger partial charge in [0, 0.05) is 14.2 Å². The SMILES string of the molecule is C#CCN[C@H](c1ccccc1)P(=O)(OC)OC. The molecule has 4 nitrogen and oxygen atoms in total. The lowest BCUT2D eigenvalue weighted by molar-refractivity contribution is 0.260. The highest BCUT2D eigenvalue weighted by molar-refractivity contribution is 7.54. The smallest absolute Gasteiger partial charge is 0.311 e. The number of hydrogen-bond acceptors (Lipinski definition) is 4. The van der Waals surface area contributed by atoms with Crippen LogP contribution in [0, 0.1) is 12.3 Å². The van der Waals surface area contributed by atoms with Crippen LogP contribution < -0.4 is 5.32 Å². The van der Waals surface area contributed by atoms with Gasteiger partial charge in [0.2, 0.25) is 0 Å². The fourth-order valence-electron chi connectivity index (χ4n) is 1.49. The highest BCUT2D eigenvalue weighted by Crippen LogP contribution is 2.58. The first-order valence-corrected chi connectivity index (χ1v) is 6.72. The van der Waals surface area contributed by atoms with E-state index in [1.807, 2.05) is 30.3 Å². The van der Waals surface area contributed by atoms with Gasteiger partial charge in [0.05, 0.1) is 6.54 Å². The third-order valence-corrected chi connectivity index (χ3v) is 4.47. The van der Waals surface area contributed by atoms with Crippen molar-refractivity contribution in [3.8, 4) is 12.3 Å². The zero-order valence-corrected chi connectivity index (χ0v) is 10.8. The third-order valence-electron chi connectivity index (χ3n) is 2.34. The van der Waals surface area contributed by atoms with E-state index < -0.39 is 13.4 Å². The lowest BCUT2D eigenvalue weighted by atomic mass is 10.2. The van der Waals surface area contributed by atoms with Gasteiger partial charge in [0.25, 0.3) is 0 Å². The van der Waals surface area contributed by atoms with Crippen molar-refractivity contribution in [3.63, 3.8) is 0 Å². The Balaban J connectivity index is 3.04. The Morgan fingerprint density at radius 2 is 1.94 bits per heavy atom. The first-order valence-electron chi connectivity index (χ1n) is 5.11. The second-order valence-electron chi connectivity index (χ2n) is 3.30. The minimum atomic E-state index is -3.25. The molecule has 0 heterocycles. The van der Waals surface area contributed by atoms with E-state index in [9.17, 15) is 4.57 Å². The molecular weight excluding hydrogens is 237 g/mol. The minimum absolute atomic E-state index is 0.288. The van der Waals surface area contributed by atoms with E-state index >= 15 is 0 Å². The maximum Gasteiger partial charge on any atom is 0.351 e. The van der Waals surface area contributed by atoms with Crippen LogP contribution in [0.25, 0.3) is 0 Å². The zero-order valence-electron chi connectivity index (χ0n) is 9.92. The molecule has 0 aliphatic rings. The third kappa shape index (κ3) is 3.42. The van der Waals surface area contributed by atoms with Crippen LogP contribution in [0.2, 0.25) is 0 Å². The van der Waals surface area contributed by atoms with E-state index in [0.717, 1.165) is 5.56 Å². The van der Waals surface area contributed by atoms with Gasteiger partial charge in [-0.2, -0.15) is 0 Å². The van der Waals surface area contributed by atoms with Crippen LogP contribution in [-0.4, -0.2) is 20.8 Å². The van der Waals surface area contributed by atoms with E-state index in [4.69, 9.17) is 15.5 Å². The number of rotatable bonds is 6. The Morgan fingerprint density at radius 3 is 2.41 bits per heavy atom. The summed E-state index contributed by atoms with van der Waals surface area (Å²) in [5.41, 5.74) is 0.815. The summed E-state index contributed by atoms with van der Waals surface area (Å²) in [5, 5.41) is 2.98. The average Bonchev–Trinajstić information content (AvgIpc) is 2.40. The molecule has 17 heavy (non-hydrogen) atoms. The summed E-state index contributed by atoms with van der Waals surface area (Å²) in [7, 11) is -0.532. The van der Waals surface area contributed by atoms with Gasteiger partial charge in [0.15, 0.2) is 0 Å². The topological polar surface area (TPSA) is 47.6 Å². The Kier molecular flexibility index (Phi) is 5.40. The number of nitrogens with one attached hydrogen (secondary N) is 1. The van der Waals surface area contributed by atoms with E-state index in [2.05, 4.69) is 11.2 Å². The standard InChI is InChI=1S/C12H16NO3P/c1-4-10-13-12(17(14,15-2)16-3)11-8-6-5-7-9-11/h1,5-9,12-13H,10H2,2-3H3/t12-/m0/s1. The van der Waals surface area contributed by atoms with Gasteiger partial charge in [0.1, 0.15) is 5.78 Å². The minimum Gasteiger partial charge on any atom is -0.311 e. The molecule has 0 fully saturated rings. The van der Waals surface area contributed by atoms with Crippen LogP contribution in [0.4, 0.5) is 0 Å². The highest BCUT2D eigenvalue weighted by atomic mass is 31.2. The summed E-state index contributed by atoms with van der Waals surface area (Å²) >= 11 is 0. The van der Waals surface area contributed by atoms with Gasteiger partial charge in [-0.1, -0.05) is 36.3 Å². The molecule has 0 saturated carbocycles. The molecule has 0 amide bonds. The lowest BCUT2D eigenvalue weighted by Gasteiger charge is -2.24. The molecule has 1 N–H and O–H groups in total. The molecule has 0 unspecified atom stereocenters. The van der Waals surface area contributed by atoms with E-state index in [-0.39, 0.29) is 6.54 Å². The normalized spacial score (nSPS) is 13.0. The van der Waals surface area contributed by atoms with Gasteiger partial charge in [-0.05, 0) is 5.56 Å². The van der Waals surface area contributed by atoms with Crippen molar-refractivity contribution in [1.82, 2.24) is 5.32 Å². The molecule has 1 aromatic carbocycles. The molecule has 0 aliphatic heterocycles. The van der Waals surface area contributed by atoms with Crippen molar-refractivity contribution in [3.05, 3.63) is 35.9 Å². The Hall–Kier alpha value is -1.11. The second-order valence-corrected chi connectivity index (χ2v) is 5.63. The zero-order chi connectivity index (χ0) is 12.7. The molecule has 0 saturated heterocycles. The van der Waals surface area contributed by atoms with Crippen molar-refractivity contribution in [1.29, 1.82) is 0 Å². The molecule has 0 spiro atoms. The van der Waals surface area contributed by atoms with E-state index in [1.54, 1.807) is 0 Å². The summed E-state index contributed by atoms with van der Waals surface area (Å²) in [6.45, 7) is 0.288. The first kappa shape index (κ1) is 14.0. The van der Waals surface area contributed by atoms with Crippen molar-refractivity contribution >= 4 is 7.60 Å². The summed E-state index contributed by atoms with van der Waals surface area (Å²) < 4.78 is 22.4. The summed E-state index contributed by atoms with van der Waals surface area (Å²) in [6.07, 6.45) is 5.20. The van der Waals surface area contributed by atoms with Gasteiger partial charge in [-0.25, -0.2) is 0 Å². The summed E-state index contributed by atoms with van der Waals surface area (Å²) in [5.74, 6) is 1.88. The molecule has 0 bridgehead atoms. The quantitative estimate of drug-likeness (QED) is 0.624. The summed E-state index contributed by atoms with van der Waals surface area (Å²) in [4.78, 5) is 0. The van der Waals surface area contributed by atoms with Gasteiger partial charge in [-0.3, -0.25) is 9.88 Å². The average molecular weight is 253 g/mol. The van der Waals surface area contributed by atoms with Crippen molar-refractivity contribution in [2.24, 2.45) is 0 Å². The number of benzene rings is 1. The molecule has 1 aromatic rings. The number of hydrogen-bond donors (Lipinski definition) is 1. The molecule has 92 valence electrons. The predicted molar refractivity (Wildman–Crippen MR) is 67.6 cm³/mol. The Bertz CT molecular complexity index is 419. The second kappa shape index (κ2) is 6.58. The Labute approximate surface area is 102 Å². The van der Waals surface area contributed by atoms with E-state index in [0.29, 0.717) is 0 Å². The molecule has 5 heteroatoms. The molecule has 0 radical (unpaired) electrons. The molecule has 1 rings (SSSR count). The van der Waals surface area contributed by atoms with Crippen LogP contribution >= 0.6 is 7.60 Å². The van der Waals surface area contributed by atoms with Gasteiger partial charge < -0.3 is 9.05 Å². The van der Waals surface area contributed by atoms with Crippen LogP contribution in [0.1, 0.15) is 11.3 Å². The maximum atomic E-state index is 12.4. The molecule has 1 atom stereocenters. The van der Waals surface area contributed by atoms with Gasteiger partial charge in [-0.15, -0.1) is 6.42 Å². The maximum absolute atomic E-state index is 12.4. The van der Waals surface area contributed by atoms with Crippen LogP contribution in [0.5, 0.6) is 0 Å². The molecule has 0 aromatic heterocycles. The van der Waals surface area contributed by atoms with Crippen LogP contribution in [0.3, 0.4) is 0 Å². The predicted octanol–water partition coefficient (Wildman–Crippen LogP) is 2.39. The van der Waals surface area contributed by atoms with Crippen molar-refractivity contribution in [2.75, 3.05) is 20.8 Å². The van der Waals surface area contributed by atoms with Crippen molar-refractivity contribution in [2.45, 2.75) is 5.78 Å².